The number of amides is 3. The van der Waals surface area contributed by atoms with Crippen LogP contribution in [0.1, 0.15) is 34.8 Å². The highest BCUT2D eigenvalue weighted by Gasteiger charge is 2.32. The molecule has 1 aliphatic heterocycles. The summed E-state index contributed by atoms with van der Waals surface area (Å²) < 4.78 is 10.9. The standard InChI is InChI=1S/C26H27N3O4/c1-32-21-14-15-24(33-2)22(17-21)23-9-6-16-29(23)26(31)28-20-12-10-18(11-13-20)25(30)27-19-7-4-3-5-8-19/h3-5,7-8,10-15,17,23H,6,9,16H2,1-2H3,(H,27,30)(H,28,31). The van der Waals surface area contributed by atoms with Crippen molar-refractivity contribution < 1.29 is 19.1 Å². The van der Waals surface area contributed by atoms with Crippen LogP contribution in [0.2, 0.25) is 0 Å². The van der Waals surface area contributed by atoms with Crippen LogP contribution in [0.25, 0.3) is 0 Å². The van der Waals surface area contributed by atoms with E-state index in [1.165, 1.54) is 0 Å². The van der Waals surface area contributed by atoms with E-state index in [2.05, 4.69) is 10.6 Å². The summed E-state index contributed by atoms with van der Waals surface area (Å²) in [6.45, 7) is 0.647. The first-order chi connectivity index (χ1) is 16.1. The molecule has 3 amide bonds. The molecule has 7 nitrogen and oxygen atoms in total. The zero-order valence-corrected chi connectivity index (χ0v) is 18.7. The number of rotatable bonds is 6. The van der Waals surface area contributed by atoms with Crippen molar-refractivity contribution in [3.05, 3.63) is 83.9 Å². The zero-order chi connectivity index (χ0) is 23.2. The third-order valence-electron chi connectivity index (χ3n) is 5.74. The minimum atomic E-state index is -0.205. The van der Waals surface area contributed by atoms with Crippen LogP contribution in [-0.4, -0.2) is 37.6 Å². The predicted octanol–water partition coefficient (Wildman–Crippen LogP) is 5.33. The molecule has 0 bridgehead atoms. The number of urea groups is 1. The molecule has 1 saturated heterocycles. The molecule has 1 aliphatic rings. The molecule has 170 valence electrons. The van der Waals surface area contributed by atoms with Crippen molar-refractivity contribution in [2.45, 2.75) is 18.9 Å². The number of ether oxygens (including phenoxy) is 2. The van der Waals surface area contributed by atoms with E-state index in [9.17, 15) is 9.59 Å². The lowest BCUT2D eigenvalue weighted by Crippen LogP contribution is -2.34. The summed E-state index contributed by atoms with van der Waals surface area (Å²) in [5.74, 6) is 1.25. The van der Waals surface area contributed by atoms with Crippen LogP contribution in [0.5, 0.6) is 11.5 Å². The Kier molecular flexibility index (Phi) is 6.78. The maximum absolute atomic E-state index is 13.1. The van der Waals surface area contributed by atoms with Gasteiger partial charge < -0.3 is 25.0 Å². The van der Waals surface area contributed by atoms with Crippen LogP contribution in [-0.2, 0) is 0 Å². The molecule has 7 heteroatoms. The van der Waals surface area contributed by atoms with Gasteiger partial charge in [0.1, 0.15) is 11.5 Å². The molecule has 1 fully saturated rings. The molecule has 0 aromatic heterocycles. The molecule has 1 atom stereocenters. The summed E-state index contributed by atoms with van der Waals surface area (Å²) in [7, 11) is 3.24. The van der Waals surface area contributed by atoms with Gasteiger partial charge in [0.25, 0.3) is 5.91 Å². The van der Waals surface area contributed by atoms with Crippen LogP contribution < -0.4 is 20.1 Å². The third kappa shape index (κ3) is 5.09. The Morgan fingerprint density at radius 3 is 2.30 bits per heavy atom. The van der Waals surface area contributed by atoms with Crippen LogP contribution in [0.4, 0.5) is 16.2 Å². The average molecular weight is 446 g/mol. The van der Waals surface area contributed by atoms with Crippen molar-refractivity contribution in [2.75, 3.05) is 31.4 Å². The maximum Gasteiger partial charge on any atom is 0.322 e. The lowest BCUT2D eigenvalue weighted by atomic mass is 10.0. The van der Waals surface area contributed by atoms with Gasteiger partial charge in [-0.15, -0.1) is 0 Å². The summed E-state index contributed by atoms with van der Waals surface area (Å²) in [4.78, 5) is 27.3. The van der Waals surface area contributed by atoms with Gasteiger partial charge in [0.05, 0.1) is 20.3 Å². The van der Waals surface area contributed by atoms with Crippen LogP contribution >= 0.6 is 0 Å². The molecular formula is C26H27N3O4. The number of methoxy groups -OCH3 is 2. The normalized spacial score (nSPS) is 15.1. The number of hydrogen-bond acceptors (Lipinski definition) is 4. The highest BCUT2D eigenvalue weighted by Crippen LogP contribution is 2.39. The van der Waals surface area contributed by atoms with E-state index in [1.54, 1.807) is 38.5 Å². The molecule has 0 saturated carbocycles. The molecule has 0 spiro atoms. The van der Waals surface area contributed by atoms with Crippen molar-refractivity contribution in [1.29, 1.82) is 0 Å². The number of nitrogens with zero attached hydrogens (tertiary/aromatic N) is 1. The van der Waals surface area contributed by atoms with Gasteiger partial charge in [0, 0.05) is 29.0 Å². The fraction of sp³-hybridized carbons (Fsp3) is 0.231. The molecule has 1 unspecified atom stereocenters. The van der Waals surface area contributed by atoms with Gasteiger partial charge in [0.15, 0.2) is 0 Å². The van der Waals surface area contributed by atoms with Gasteiger partial charge in [-0.3, -0.25) is 4.79 Å². The van der Waals surface area contributed by atoms with Gasteiger partial charge in [-0.2, -0.15) is 0 Å². The molecule has 0 radical (unpaired) electrons. The van der Waals surface area contributed by atoms with Crippen molar-refractivity contribution in [2.24, 2.45) is 0 Å². The van der Waals surface area contributed by atoms with E-state index >= 15 is 0 Å². The Labute approximate surface area is 193 Å². The van der Waals surface area contributed by atoms with E-state index < -0.39 is 0 Å². The summed E-state index contributed by atoms with van der Waals surface area (Å²) in [6.07, 6.45) is 1.74. The summed E-state index contributed by atoms with van der Waals surface area (Å²) in [5, 5.41) is 5.80. The minimum absolute atomic E-state index is 0.106. The van der Waals surface area contributed by atoms with Crippen molar-refractivity contribution in [1.82, 2.24) is 4.90 Å². The van der Waals surface area contributed by atoms with Crippen molar-refractivity contribution in [3.8, 4) is 11.5 Å². The molecule has 3 aromatic rings. The molecular weight excluding hydrogens is 418 g/mol. The van der Waals surface area contributed by atoms with Gasteiger partial charge in [0.2, 0.25) is 0 Å². The number of hydrogen-bond donors (Lipinski definition) is 2. The smallest absolute Gasteiger partial charge is 0.322 e. The molecule has 0 aliphatic carbocycles. The molecule has 1 heterocycles. The second-order valence-corrected chi connectivity index (χ2v) is 7.79. The largest absolute Gasteiger partial charge is 0.497 e. The number of carbonyl (C=O) groups excluding carboxylic acids is 2. The van der Waals surface area contributed by atoms with Crippen LogP contribution in [0.15, 0.2) is 72.8 Å². The Bertz CT molecular complexity index is 1120. The SMILES string of the molecule is COc1ccc(OC)c(C2CCCN2C(=O)Nc2ccc(C(=O)Nc3ccccc3)cc2)c1. The third-order valence-corrected chi connectivity index (χ3v) is 5.74. The van der Waals surface area contributed by atoms with E-state index in [1.807, 2.05) is 53.4 Å². The molecule has 2 N–H and O–H groups in total. The Morgan fingerprint density at radius 1 is 0.879 bits per heavy atom. The minimum Gasteiger partial charge on any atom is -0.497 e. The Balaban J connectivity index is 1.44. The Hall–Kier alpha value is -4.00. The monoisotopic (exact) mass is 445 g/mol. The Morgan fingerprint density at radius 2 is 1.61 bits per heavy atom. The van der Waals surface area contributed by atoms with Gasteiger partial charge in [-0.1, -0.05) is 18.2 Å². The summed E-state index contributed by atoms with van der Waals surface area (Å²) in [6, 6.07) is 21.5. The fourth-order valence-electron chi connectivity index (χ4n) is 4.06. The van der Waals surface area contributed by atoms with Gasteiger partial charge in [-0.05, 0) is 67.4 Å². The fourth-order valence-corrected chi connectivity index (χ4v) is 4.06. The van der Waals surface area contributed by atoms with E-state index in [4.69, 9.17) is 9.47 Å². The highest BCUT2D eigenvalue weighted by atomic mass is 16.5. The first kappa shape index (κ1) is 22.2. The first-order valence-electron chi connectivity index (χ1n) is 10.8. The number of nitrogens with one attached hydrogen (secondary N) is 2. The number of likely N-dealkylation sites (tertiary alicyclic amines) is 1. The quantitative estimate of drug-likeness (QED) is 0.538. The van der Waals surface area contributed by atoms with Gasteiger partial charge >= 0.3 is 6.03 Å². The number of anilines is 2. The number of benzene rings is 3. The second kappa shape index (κ2) is 10.1. The number of carbonyl (C=O) groups is 2. The van der Waals surface area contributed by atoms with Crippen LogP contribution in [0, 0.1) is 0 Å². The summed E-state index contributed by atoms with van der Waals surface area (Å²) in [5.41, 5.74) is 2.79. The lowest BCUT2D eigenvalue weighted by molar-refractivity contribution is 0.102. The molecule has 3 aromatic carbocycles. The lowest BCUT2D eigenvalue weighted by Gasteiger charge is -2.27. The van der Waals surface area contributed by atoms with E-state index in [-0.39, 0.29) is 18.0 Å². The zero-order valence-electron chi connectivity index (χ0n) is 18.7. The average Bonchev–Trinajstić information content (AvgIpc) is 3.34. The second-order valence-electron chi connectivity index (χ2n) is 7.79. The maximum atomic E-state index is 13.1. The topological polar surface area (TPSA) is 79.9 Å². The highest BCUT2D eigenvalue weighted by molar-refractivity contribution is 6.04. The number of para-hydroxylation sites is 1. The van der Waals surface area contributed by atoms with Crippen molar-refractivity contribution in [3.63, 3.8) is 0 Å². The van der Waals surface area contributed by atoms with Crippen LogP contribution in [0.3, 0.4) is 0 Å². The predicted molar refractivity (Wildman–Crippen MR) is 128 cm³/mol. The first-order valence-corrected chi connectivity index (χ1v) is 10.8. The van der Waals surface area contributed by atoms with E-state index in [0.717, 1.165) is 35.6 Å². The summed E-state index contributed by atoms with van der Waals surface area (Å²) >= 11 is 0. The van der Waals surface area contributed by atoms with E-state index in [0.29, 0.717) is 17.8 Å². The molecule has 4 rings (SSSR count). The van der Waals surface area contributed by atoms with Gasteiger partial charge in [-0.25, -0.2) is 4.79 Å². The van der Waals surface area contributed by atoms with Crippen molar-refractivity contribution >= 4 is 23.3 Å². The molecule has 33 heavy (non-hydrogen) atoms.